The van der Waals surface area contributed by atoms with Crippen LogP contribution in [0.2, 0.25) is 0 Å². The maximum atomic E-state index is 11.7. The standard InChI is InChI=1S/C9H14N4O2/c1-5-3-4-15-7(5)8(14)11-9-10-6(2)12-13-9/h5,7H,3-4H2,1-2H3,(H2,10,11,12,13,14). The summed E-state index contributed by atoms with van der Waals surface area (Å²) in [5, 5.41) is 9.11. The Morgan fingerprint density at radius 2 is 2.47 bits per heavy atom. The lowest BCUT2D eigenvalue weighted by molar-refractivity contribution is -0.126. The van der Waals surface area contributed by atoms with Crippen LogP contribution in [0, 0.1) is 12.8 Å². The number of amides is 1. The topological polar surface area (TPSA) is 79.9 Å². The number of H-pyrrole nitrogens is 1. The largest absolute Gasteiger partial charge is 0.368 e. The lowest BCUT2D eigenvalue weighted by Crippen LogP contribution is -2.31. The van der Waals surface area contributed by atoms with E-state index < -0.39 is 0 Å². The molecule has 0 bridgehead atoms. The molecule has 1 aromatic rings. The molecule has 1 aliphatic heterocycles. The van der Waals surface area contributed by atoms with Gasteiger partial charge in [0.2, 0.25) is 5.95 Å². The van der Waals surface area contributed by atoms with Crippen LogP contribution in [-0.2, 0) is 9.53 Å². The molecule has 2 atom stereocenters. The van der Waals surface area contributed by atoms with Gasteiger partial charge < -0.3 is 4.74 Å². The van der Waals surface area contributed by atoms with E-state index in [1.54, 1.807) is 6.92 Å². The molecule has 1 aromatic heterocycles. The zero-order valence-corrected chi connectivity index (χ0v) is 8.78. The molecule has 1 aliphatic rings. The highest BCUT2D eigenvalue weighted by Crippen LogP contribution is 2.20. The Labute approximate surface area is 87.4 Å². The van der Waals surface area contributed by atoms with Crippen LogP contribution in [0.3, 0.4) is 0 Å². The predicted octanol–water partition coefficient (Wildman–Crippen LogP) is 0.477. The Hall–Kier alpha value is -1.43. The number of aromatic nitrogens is 3. The second kappa shape index (κ2) is 3.98. The molecule has 1 amide bonds. The lowest BCUT2D eigenvalue weighted by Gasteiger charge is -2.12. The van der Waals surface area contributed by atoms with E-state index in [-0.39, 0.29) is 17.9 Å². The molecule has 6 heteroatoms. The van der Waals surface area contributed by atoms with E-state index in [0.29, 0.717) is 18.4 Å². The Kier molecular flexibility index (Phi) is 2.68. The maximum Gasteiger partial charge on any atom is 0.256 e. The summed E-state index contributed by atoms with van der Waals surface area (Å²) in [5.74, 6) is 1.06. The van der Waals surface area contributed by atoms with Crippen molar-refractivity contribution in [3.8, 4) is 0 Å². The van der Waals surface area contributed by atoms with Gasteiger partial charge in [0, 0.05) is 6.61 Å². The third kappa shape index (κ3) is 2.15. The van der Waals surface area contributed by atoms with E-state index >= 15 is 0 Å². The number of nitrogens with one attached hydrogen (secondary N) is 2. The number of anilines is 1. The number of carbonyl (C=O) groups excluding carboxylic acids is 1. The fourth-order valence-electron chi connectivity index (χ4n) is 1.61. The first-order valence-electron chi connectivity index (χ1n) is 4.98. The average molecular weight is 210 g/mol. The van der Waals surface area contributed by atoms with Crippen LogP contribution in [0.1, 0.15) is 19.2 Å². The summed E-state index contributed by atoms with van der Waals surface area (Å²) in [7, 11) is 0. The highest BCUT2D eigenvalue weighted by molar-refractivity contribution is 5.93. The molecule has 2 unspecified atom stereocenters. The first-order valence-corrected chi connectivity index (χ1v) is 4.98. The number of carbonyl (C=O) groups is 1. The minimum Gasteiger partial charge on any atom is -0.368 e. The molecule has 6 nitrogen and oxygen atoms in total. The molecule has 2 N–H and O–H groups in total. The SMILES string of the molecule is Cc1nc(NC(=O)C2OCCC2C)n[nH]1. The van der Waals surface area contributed by atoms with E-state index in [9.17, 15) is 4.79 Å². The van der Waals surface area contributed by atoms with Crippen molar-refractivity contribution < 1.29 is 9.53 Å². The van der Waals surface area contributed by atoms with Gasteiger partial charge in [0.15, 0.2) is 0 Å². The molecule has 2 rings (SSSR count). The number of rotatable bonds is 2. The highest BCUT2D eigenvalue weighted by atomic mass is 16.5. The van der Waals surface area contributed by atoms with Crippen LogP contribution >= 0.6 is 0 Å². The number of aromatic amines is 1. The summed E-state index contributed by atoms with van der Waals surface area (Å²) < 4.78 is 5.33. The number of ether oxygens (including phenoxy) is 1. The summed E-state index contributed by atoms with van der Waals surface area (Å²) in [6, 6.07) is 0. The molecular formula is C9H14N4O2. The van der Waals surface area contributed by atoms with Crippen molar-refractivity contribution in [3.63, 3.8) is 0 Å². The Balaban J connectivity index is 1.97. The number of nitrogens with zero attached hydrogens (tertiary/aromatic N) is 2. The fraction of sp³-hybridized carbons (Fsp3) is 0.667. The van der Waals surface area contributed by atoms with E-state index in [1.807, 2.05) is 6.92 Å². The van der Waals surface area contributed by atoms with Gasteiger partial charge in [-0.25, -0.2) is 0 Å². The first-order chi connectivity index (χ1) is 7.16. The van der Waals surface area contributed by atoms with Crippen LogP contribution < -0.4 is 5.32 Å². The molecule has 1 fully saturated rings. The third-order valence-electron chi connectivity index (χ3n) is 2.48. The monoisotopic (exact) mass is 210 g/mol. The van der Waals surface area contributed by atoms with E-state index in [0.717, 1.165) is 6.42 Å². The number of hydrogen-bond donors (Lipinski definition) is 2. The second-order valence-corrected chi connectivity index (χ2v) is 3.79. The lowest BCUT2D eigenvalue weighted by atomic mass is 10.0. The summed E-state index contributed by atoms with van der Waals surface area (Å²) in [4.78, 5) is 15.7. The first kappa shape index (κ1) is 10.1. The van der Waals surface area contributed by atoms with Gasteiger partial charge in [0.05, 0.1) is 0 Å². The van der Waals surface area contributed by atoms with Crippen molar-refractivity contribution >= 4 is 11.9 Å². The zero-order valence-electron chi connectivity index (χ0n) is 8.78. The van der Waals surface area contributed by atoms with Gasteiger partial charge in [-0.3, -0.25) is 15.2 Å². The van der Waals surface area contributed by atoms with Gasteiger partial charge in [-0.1, -0.05) is 6.92 Å². The predicted molar refractivity (Wildman–Crippen MR) is 53.3 cm³/mol. The quantitative estimate of drug-likeness (QED) is 0.743. The Morgan fingerprint density at radius 1 is 1.67 bits per heavy atom. The molecule has 15 heavy (non-hydrogen) atoms. The summed E-state index contributed by atoms with van der Waals surface area (Å²) in [6.07, 6.45) is 0.550. The molecule has 0 aromatic carbocycles. The average Bonchev–Trinajstić information content (AvgIpc) is 2.75. The minimum atomic E-state index is -0.371. The second-order valence-electron chi connectivity index (χ2n) is 3.79. The van der Waals surface area contributed by atoms with Crippen molar-refractivity contribution in [1.29, 1.82) is 0 Å². The number of aryl methyl sites for hydroxylation is 1. The number of hydrogen-bond acceptors (Lipinski definition) is 4. The summed E-state index contributed by atoms with van der Waals surface area (Å²) >= 11 is 0. The van der Waals surface area contributed by atoms with Crippen molar-refractivity contribution in [2.45, 2.75) is 26.4 Å². The summed E-state index contributed by atoms with van der Waals surface area (Å²) in [6.45, 7) is 4.42. The smallest absolute Gasteiger partial charge is 0.256 e. The van der Waals surface area contributed by atoms with Gasteiger partial charge in [0.1, 0.15) is 11.9 Å². The fourth-order valence-corrected chi connectivity index (χ4v) is 1.61. The highest BCUT2D eigenvalue weighted by Gasteiger charge is 2.31. The van der Waals surface area contributed by atoms with Crippen LogP contribution in [0.15, 0.2) is 0 Å². The van der Waals surface area contributed by atoms with Crippen molar-refractivity contribution in [2.75, 3.05) is 11.9 Å². The van der Waals surface area contributed by atoms with Gasteiger partial charge in [-0.15, -0.1) is 5.10 Å². The van der Waals surface area contributed by atoms with Gasteiger partial charge in [0.25, 0.3) is 5.91 Å². The van der Waals surface area contributed by atoms with Crippen LogP contribution in [0.5, 0.6) is 0 Å². The zero-order chi connectivity index (χ0) is 10.8. The Bertz CT molecular complexity index is 363. The molecule has 0 aliphatic carbocycles. The van der Waals surface area contributed by atoms with Gasteiger partial charge >= 0.3 is 0 Å². The molecular weight excluding hydrogens is 196 g/mol. The van der Waals surface area contributed by atoms with E-state index in [4.69, 9.17) is 4.74 Å². The van der Waals surface area contributed by atoms with E-state index in [2.05, 4.69) is 20.5 Å². The molecule has 1 saturated heterocycles. The van der Waals surface area contributed by atoms with Crippen molar-refractivity contribution in [3.05, 3.63) is 5.82 Å². The molecule has 2 heterocycles. The molecule has 0 spiro atoms. The summed E-state index contributed by atoms with van der Waals surface area (Å²) in [5.41, 5.74) is 0. The molecule has 0 saturated carbocycles. The van der Waals surface area contributed by atoms with Gasteiger partial charge in [-0.05, 0) is 19.3 Å². The minimum absolute atomic E-state index is 0.168. The molecule has 82 valence electrons. The van der Waals surface area contributed by atoms with Crippen molar-refractivity contribution in [2.24, 2.45) is 5.92 Å². The van der Waals surface area contributed by atoms with Crippen molar-refractivity contribution in [1.82, 2.24) is 15.2 Å². The van der Waals surface area contributed by atoms with Crippen LogP contribution in [-0.4, -0.2) is 33.8 Å². The Morgan fingerprint density at radius 3 is 3.00 bits per heavy atom. The maximum absolute atomic E-state index is 11.7. The van der Waals surface area contributed by atoms with Crippen LogP contribution in [0.25, 0.3) is 0 Å². The normalized spacial score (nSPS) is 25.5. The molecule has 0 radical (unpaired) electrons. The van der Waals surface area contributed by atoms with Gasteiger partial charge in [-0.2, -0.15) is 4.98 Å². The van der Waals surface area contributed by atoms with E-state index in [1.165, 1.54) is 0 Å². The van der Waals surface area contributed by atoms with Crippen LogP contribution in [0.4, 0.5) is 5.95 Å². The third-order valence-corrected chi connectivity index (χ3v) is 2.48.